The molecule has 2 aliphatic rings. The Hall–Kier alpha value is -4.70. The highest BCUT2D eigenvalue weighted by Gasteiger charge is 2.43. The van der Waals surface area contributed by atoms with Gasteiger partial charge in [-0.3, -0.25) is 33.7 Å². The number of benzene rings is 2. The maximum atomic E-state index is 14.4. The summed E-state index contributed by atoms with van der Waals surface area (Å²) >= 11 is 1.46. The topological polar surface area (TPSA) is 225 Å². The quantitative estimate of drug-likeness (QED) is 0.0399. The van der Waals surface area contributed by atoms with Gasteiger partial charge in [0.05, 0.1) is 75.1 Å². The maximum Gasteiger partial charge on any atom is 0.264 e. The van der Waals surface area contributed by atoms with E-state index in [2.05, 4.69) is 15.4 Å². The highest BCUT2D eigenvalue weighted by atomic mass is 32.2. The zero-order valence-electron chi connectivity index (χ0n) is 48.3. The number of thioether (sulfide) groups is 1. The molecule has 436 valence electrons. The van der Waals surface area contributed by atoms with Gasteiger partial charge >= 0.3 is 0 Å². The lowest BCUT2D eigenvalue weighted by Gasteiger charge is -2.40. The van der Waals surface area contributed by atoms with Crippen LogP contribution in [-0.4, -0.2) is 163 Å². The minimum atomic E-state index is -4.13. The average Bonchev–Trinajstić information content (AvgIpc) is 3.65. The van der Waals surface area contributed by atoms with Crippen LogP contribution in [-0.2, 0) is 63.2 Å². The summed E-state index contributed by atoms with van der Waals surface area (Å²) in [4.78, 5) is 82.3. The number of Topliss-reactive ketones (excluding diaryl/α,β-unsaturated/α-hetero) is 1. The van der Waals surface area contributed by atoms with Crippen LogP contribution in [0.3, 0.4) is 0 Å². The van der Waals surface area contributed by atoms with Crippen molar-refractivity contribution in [3.05, 3.63) is 71.3 Å². The van der Waals surface area contributed by atoms with Crippen molar-refractivity contribution in [1.82, 2.24) is 25.2 Å². The van der Waals surface area contributed by atoms with Gasteiger partial charge in [0.1, 0.15) is 24.2 Å². The van der Waals surface area contributed by atoms with Crippen LogP contribution < -0.4 is 20.1 Å². The number of aryl methyl sites for hydroxylation is 1. The molecule has 0 spiro atoms. The molecule has 0 bridgehead atoms. The van der Waals surface area contributed by atoms with Crippen molar-refractivity contribution in [3.8, 4) is 5.75 Å². The number of rotatable bonds is 33. The zero-order chi connectivity index (χ0) is 57.8. The predicted octanol–water partition coefficient (Wildman–Crippen LogP) is 6.42. The first kappa shape index (κ1) is 65.8. The summed E-state index contributed by atoms with van der Waals surface area (Å²) in [6, 6.07) is 11.3. The number of likely N-dealkylation sites (tertiary alicyclic amines) is 1. The monoisotopic (exact) mass is 1130 g/mol. The number of hydrogen-bond donors (Lipinski definition) is 3. The SMILES string of the molecule is CCC(=O)C1CCC(CN2C(=O)CC(SCCOCCOCCOCCOCCOc3ccc(C(C)(C)[C@H](NC)C(=O)N[C@H](C(=O)N(C)[C@H](/C=C(\C)C(=O)NS(=O)(=O)c4ccc(C)cc4)C(C)C)C(C)(C)C)cc3)C2=O)CC1. The van der Waals surface area contributed by atoms with E-state index in [1.54, 1.807) is 32.3 Å². The molecule has 0 aromatic heterocycles. The number of ketones is 1. The van der Waals surface area contributed by atoms with Crippen LogP contribution in [0.25, 0.3) is 0 Å². The Balaban J connectivity index is 1.11. The second-order valence-electron chi connectivity index (χ2n) is 22.3. The lowest BCUT2D eigenvalue weighted by Crippen LogP contribution is -2.61. The standard InChI is InChI=1S/C58H89N5O13S2/c1-13-48(64)43-18-16-42(17-19-43)38-63-50(65)37-49(55(63)68)77-35-34-75-31-30-73-27-26-72-28-29-74-32-33-76-45-22-20-44(21-23-45)58(9,10)51(59-11)54(67)60-52(57(6,7)8)56(69)62(12)47(39(2)3)36-41(5)53(66)61-78(70,71)46-24-14-40(4)15-25-46/h14-15,20-25,36,39,42-43,47,49,51-52,59H,13,16-19,26-35,37-38H2,1-12H3,(H,60,67)(H,61,66)/b41-36+/t42?,43?,47-,49?,51-,52-/m1/s1. The average molecular weight is 1130 g/mol. The van der Waals surface area contributed by atoms with E-state index in [9.17, 15) is 37.2 Å². The van der Waals surface area contributed by atoms with E-state index >= 15 is 0 Å². The fraction of sp³-hybridized carbons (Fsp3) is 0.655. The van der Waals surface area contributed by atoms with Crippen molar-refractivity contribution in [2.24, 2.45) is 23.2 Å². The molecule has 0 radical (unpaired) electrons. The summed E-state index contributed by atoms with van der Waals surface area (Å²) in [6.45, 7) is 22.5. The molecule has 18 nitrogen and oxygen atoms in total. The molecule has 1 aliphatic carbocycles. The number of amides is 5. The maximum absolute atomic E-state index is 14.4. The largest absolute Gasteiger partial charge is 0.491 e. The van der Waals surface area contributed by atoms with Crippen molar-refractivity contribution in [1.29, 1.82) is 0 Å². The van der Waals surface area contributed by atoms with Crippen LogP contribution >= 0.6 is 11.8 Å². The Bertz CT molecular complexity index is 2420. The summed E-state index contributed by atoms with van der Waals surface area (Å²) in [5.41, 5.74) is 0.394. The second-order valence-corrected chi connectivity index (χ2v) is 25.3. The van der Waals surface area contributed by atoms with Crippen molar-refractivity contribution in [3.63, 3.8) is 0 Å². The molecule has 1 unspecified atom stereocenters. The number of likely N-dealkylation sites (N-methyl/N-ethyl adjacent to an activating group) is 2. The molecule has 1 aliphatic heterocycles. The van der Waals surface area contributed by atoms with E-state index in [1.165, 1.54) is 40.6 Å². The summed E-state index contributed by atoms with van der Waals surface area (Å²) in [7, 11) is -0.817. The first-order chi connectivity index (χ1) is 36.8. The van der Waals surface area contributed by atoms with Crippen LogP contribution in [0.15, 0.2) is 65.1 Å². The lowest BCUT2D eigenvalue weighted by molar-refractivity contribution is -0.141. The second kappa shape index (κ2) is 31.3. The Morgan fingerprint density at radius 2 is 1.36 bits per heavy atom. The third kappa shape index (κ3) is 19.8. The van der Waals surface area contributed by atoms with E-state index < -0.39 is 44.9 Å². The first-order valence-corrected chi connectivity index (χ1v) is 29.9. The van der Waals surface area contributed by atoms with Crippen LogP contribution in [0.2, 0.25) is 0 Å². The Morgan fingerprint density at radius 1 is 0.808 bits per heavy atom. The minimum absolute atomic E-state index is 0.0395. The molecular weight excluding hydrogens is 1040 g/mol. The number of carbonyl (C=O) groups is 6. The summed E-state index contributed by atoms with van der Waals surface area (Å²) in [6.07, 6.45) is 5.83. The molecule has 1 saturated carbocycles. The van der Waals surface area contributed by atoms with Crippen molar-refractivity contribution in [2.75, 3.05) is 85.9 Å². The van der Waals surface area contributed by atoms with Gasteiger partial charge in [-0.2, -0.15) is 0 Å². The van der Waals surface area contributed by atoms with Gasteiger partial charge in [0, 0.05) is 49.1 Å². The van der Waals surface area contributed by atoms with Gasteiger partial charge in [-0.25, -0.2) is 13.1 Å². The van der Waals surface area contributed by atoms with Crippen LogP contribution in [0.1, 0.15) is 112 Å². The molecule has 2 fully saturated rings. The molecule has 20 heteroatoms. The number of imide groups is 1. The fourth-order valence-electron chi connectivity index (χ4n) is 9.67. The van der Waals surface area contributed by atoms with E-state index in [0.29, 0.717) is 89.7 Å². The van der Waals surface area contributed by atoms with Crippen molar-refractivity contribution in [2.45, 2.75) is 141 Å². The number of ether oxygens (including phenoxy) is 5. The van der Waals surface area contributed by atoms with Crippen LogP contribution in [0, 0.1) is 30.1 Å². The minimum Gasteiger partial charge on any atom is -0.491 e. The predicted molar refractivity (Wildman–Crippen MR) is 302 cm³/mol. The molecule has 1 heterocycles. The number of nitrogens with zero attached hydrogens (tertiary/aromatic N) is 2. The molecule has 4 atom stereocenters. The van der Waals surface area contributed by atoms with Crippen LogP contribution in [0.4, 0.5) is 0 Å². The summed E-state index contributed by atoms with van der Waals surface area (Å²) < 4.78 is 56.5. The third-order valence-corrected chi connectivity index (χ3v) is 17.1. The molecule has 4 rings (SSSR count). The molecule has 2 aromatic rings. The highest BCUT2D eigenvalue weighted by molar-refractivity contribution is 8.00. The lowest BCUT2D eigenvalue weighted by atomic mass is 9.76. The van der Waals surface area contributed by atoms with E-state index in [0.717, 1.165) is 36.8 Å². The number of hydrogen-bond acceptors (Lipinski definition) is 15. The van der Waals surface area contributed by atoms with Gasteiger partial charge in [0.15, 0.2) is 0 Å². The van der Waals surface area contributed by atoms with Crippen molar-refractivity contribution >= 4 is 57.1 Å². The molecule has 2 aromatic carbocycles. The van der Waals surface area contributed by atoms with Gasteiger partial charge in [0.2, 0.25) is 23.6 Å². The van der Waals surface area contributed by atoms with Gasteiger partial charge in [-0.1, -0.05) is 91.3 Å². The Morgan fingerprint density at radius 3 is 1.88 bits per heavy atom. The molecule has 1 saturated heterocycles. The smallest absolute Gasteiger partial charge is 0.264 e. The van der Waals surface area contributed by atoms with E-state index in [4.69, 9.17) is 23.7 Å². The van der Waals surface area contributed by atoms with E-state index in [-0.39, 0.29) is 63.5 Å². The highest BCUT2D eigenvalue weighted by Crippen LogP contribution is 2.34. The van der Waals surface area contributed by atoms with E-state index in [1.807, 2.05) is 86.6 Å². The Labute approximate surface area is 468 Å². The summed E-state index contributed by atoms with van der Waals surface area (Å²) in [5, 5.41) is 5.84. The number of carbonyl (C=O) groups excluding carboxylic acids is 6. The molecule has 78 heavy (non-hydrogen) atoms. The van der Waals surface area contributed by atoms with Gasteiger partial charge < -0.3 is 39.2 Å². The third-order valence-electron chi connectivity index (χ3n) is 14.5. The van der Waals surface area contributed by atoms with Crippen LogP contribution in [0.5, 0.6) is 5.75 Å². The van der Waals surface area contributed by atoms with Crippen molar-refractivity contribution < 1.29 is 60.9 Å². The Kier molecular flexibility index (Phi) is 26.4. The first-order valence-electron chi connectivity index (χ1n) is 27.4. The van der Waals surface area contributed by atoms with Gasteiger partial charge in [0.25, 0.3) is 15.9 Å². The zero-order valence-corrected chi connectivity index (χ0v) is 49.9. The van der Waals surface area contributed by atoms with Gasteiger partial charge in [-0.15, -0.1) is 11.8 Å². The normalized spacial score (nSPS) is 18.7. The number of sulfonamides is 1. The summed E-state index contributed by atoms with van der Waals surface area (Å²) in [5.74, 6) is 0.0175. The fourth-order valence-corrected chi connectivity index (χ4v) is 11.7. The molecule has 5 amide bonds. The molecule has 3 N–H and O–H groups in total. The van der Waals surface area contributed by atoms with Gasteiger partial charge in [-0.05, 0) is 93.7 Å². The molecular formula is C58H89N5O13S2. The number of nitrogens with one attached hydrogen (secondary N) is 3.